The first-order valence-electron chi connectivity index (χ1n) is 4.27. The van der Waals surface area contributed by atoms with Crippen molar-refractivity contribution in [2.75, 3.05) is 0 Å². The molecule has 0 radical (unpaired) electrons. The molecule has 0 aromatic heterocycles. The summed E-state index contributed by atoms with van der Waals surface area (Å²) in [6, 6.07) is 21.0. The first-order chi connectivity index (χ1) is 6.45. The first-order valence-corrected chi connectivity index (χ1v) is 5.16. The van der Waals surface area contributed by atoms with E-state index >= 15 is 0 Å². The Labute approximate surface area is 154 Å². The minimum absolute atomic E-state index is 0. The minimum atomic E-state index is 0. The first kappa shape index (κ1) is 23.3. The molecule has 0 unspecified atom stereocenters. The number of hydrogen-bond donors (Lipinski definition) is 0. The molecule has 0 nitrogen and oxygen atoms in total. The Bertz CT molecular complexity index is 335. The van der Waals surface area contributed by atoms with Gasteiger partial charge in [-0.05, 0) is 0 Å². The van der Waals surface area contributed by atoms with E-state index in [-0.39, 0.29) is 75.9 Å². The van der Waals surface area contributed by atoms with Gasteiger partial charge in [0.15, 0.2) is 0 Å². The molecule has 5 heteroatoms. The molecule has 2 rings (SSSR count). The van der Waals surface area contributed by atoms with Crippen molar-refractivity contribution in [1.29, 1.82) is 0 Å². The second-order valence-electron chi connectivity index (χ2n) is 2.78. The van der Waals surface area contributed by atoms with Crippen molar-refractivity contribution in [2.24, 2.45) is 0 Å². The zero-order valence-corrected chi connectivity index (χ0v) is 15.2. The van der Waals surface area contributed by atoms with Gasteiger partial charge in [-0.2, -0.15) is 0 Å². The maximum absolute atomic E-state index is 2.15. The third-order valence-corrected chi connectivity index (χ3v) is 2.88. The van der Waals surface area contributed by atoms with Gasteiger partial charge in [-0.3, -0.25) is 0 Å². The molecular formula is C12H10Br2LiMgP. The SMILES string of the molecule is [Br-].[Br-].[Li+].[Mg+2].c1ccc([P-]c2ccccc2)cc1. The van der Waals surface area contributed by atoms with Gasteiger partial charge in [0.1, 0.15) is 0 Å². The molecule has 2 aromatic rings. The van der Waals surface area contributed by atoms with Gasteiger partial charge in [0.25, 0.3) is 0 Å². The Morgan fingerprint density at radius 1 is 0.588 bits per heavy atom. The molecule has 2 aromatic carbocycles. The summed E-state index contributed by atoms with van der Waals surface area (Å²) in [6.45, 7) is 0. The predicted molar refractivity (Wildman–Crippen MR) is 64.8 cm³/mol. The number of rotatable bonds is 2. The van der Waals surface area contributed by atoms with Crippen molar-refractivity contribution in [3.63, 3.8) is 0 Å². The van der Waals surface area contributed by atoms with Crippen LogP contribution in [0.3, 0.4) is 0 Å². The van der Waals surface area contributed by atoms with E-state index in [1.54, 1.807) is 0 Å². The molecule has 0 saturated heterocycles. The molecule has 0 N–H and O–H groups in total. The Morgan fingerprint density at radius 3 is 1.18 bits per heavy atom. The van der Waals surface area contributed by atoms with Gasteiger partial charge in [-0.25, -0.2) is 10.6 Å². The molecule has 0 aliphatic heterocycles. The van der Waals surface area contributed by atoms with E-state index in [1.165, 1.54) is 19.2 Å². The van der Waals surface area contributed by atoms with Crippen molar-refractivity contribution >= 4 is 42.2 Å². The van der Waals surface area contributed by atoms with E-state index < -0.39 is 0 Å². The maximum Gasteiger partial charge on any atom is 2.00 e. The standard InChI is InChI=1S/C12H10P.2BrH.Li.Mg/c1-3-7-11(8-4-1)13-12-9-5-2-6-10-12;;;;/h1-10H;2*1H;;/q-1;;;+1;+2/p-2. The fourth-order valence-electron chi connectivity index (χ4n) is 1.15. The van der Waals surface area contributed by atoms with Crippen LogP contribution in [0.5, 0.6) is 0 Å². The molecule has 0 bridgehead atoms. The Morgan fingerprint density at radius 2 is 0.882 bits per heavy atom. The Hall–Kier alpha value is 1.19. The zero-order chi connectivity index (χ0) is 8.93. The van der Waals surface area contributed by atoms with Crippen molar-refractivity contribution < 1.29 is 52.8 Å². The van der Waals surface area contributed by atoms with Gasteiger partial charge in [0.2, 0.25) is 0 Å². The smallest absolute Gasteiger partial charge is 1.00 e. The maximum atomic E-state index is 2.15. The average molecular weight is 376 g/mol. The molecule has 0 amide bonds. The molecule has 0 aliphatic rings. The van der Waals surface area contributed by atoms with E-state index in [0.29, 0.717) is 0 Å². The third kappa shape index (κ3) is 8.84. The fourth-order valence-corrected chi connectivity index (χ4v) is 2.09. The summed E-state index contributed by atoms with van der Waals surface area (Å²) in [5, 5.41) is 2.68. The second kappa shape index (κ2) is 13.6. The zero-order valence-electron chi connectivity index (χ0n) is 9.68. The molecule has 0 heterocycles. The van der Waals surface area contributed by atoms with Gasteiger partial charge in [0.05, 0.1) is 0 Å². The summed E-state index contributed by atoms with van der Waals surface area (Å²) >= 11 is 0. The predicted octanol–water partition coefficient (Wildman–Crippen LogP) is -6.79. The van der Waals surface area contributed by atoms with Crippen LogP contribution >= 0.6 is 8.58 Å². The van der Waals surface area contributed by atoms with Gasteiger partial charge in [-0.15, -0.1) is 0 Å². The van der Waals surface area contributed by atoms with E-state index in [1.807, 2.05) is 12.1 Å². The summed E-state index contributed by atoms with van der Waals surface area (Å²) < 4.78 is 0. The Kier molecular flexibility index (Phi) is 18.7. The molecular weight excluding hydrogens is 366 g/mol. The number of benzene rings is 2. The van der Waals surface area contributed by atoms with Crippen LogP contribution in [0.25, 0.3) is 0 Å². The van der Waals surface area contributed by atoms with Crippen LogP contribution in [0.1, 0.15) is 0 Å². The summed E-state index contributed by atoms with van der Waals surface area (Å²) in [7, 11) is 1.28. The van der Waals surface area contributed by atoms with Gasteiger partial charge >= 0.3 is 41.9 Å². The van der Waals surface area contributed by atoms with Gasteiger partial charge in [0, 0.05) is 0 Å². The summed E-state index contributed by atoms with van der Waals surface area (Å²) in [6.07, 6.45) is 0. The van der Waals surface area contributed by atoms with Crippen LogP contribution in [0, 0.1) is 0 Å². The summed E-state index contributed by atoms with van der Waals surface area (Å²) in [4.78, 5) is 0. The van der Waals surface area contributed by atoms with Gasteiger partial charge < -0.3 is 42.5 Å². The molecule has 0 aliphatic carbocycles. The fraction of sp³-hybridized carbons (Fsp3) is 0. The van der Waals surface area contributed by atoms with Crippen LogP contribution in [0.15, 0.2) is 60.7 Å². The molecule has 0 spiro atoms. The van der Waals surface area contributed by atoms with Crippen molar-refractivity contribution in [3.05, 3.63) is 60.7 Å². The number of halogens is 2. The molecule has 0 saturated carbocycles. The van der Waals surface area contributed by atoms with Crippen molar-refractivity contribution in [2.45, 2.75) is 0 Å². The molecule has 0 fully saturated rings. The minimum Gasteiger partial charge on any atom is -1.00 e. The van der Waals surface area contributed by atoms with E-state index in [9.17, 15) is 0 Å². The third-order valence-electron chi connectivity index (χ3n) is 1.77. The quantitative estimate of drug-likeness (QED) is 0.361. The monoisotopic (exact) mass is 374 g/mol. The topological polar surface area (TPSA) is 0 Å². The van der Waals surface area contributed by atoms with Crippen LogP contribution in [0.2, 0.25) is 0 Å². The van der Waals surface area contributed by atoms with Crippen LogP contribution < -0.4 is 63.4 Å². The van der Waals surface area contributed by atoms with Gasteiger partial charge in [-0.1, -0.05) is 60.7 Å². The van der Waals surface area contributed by atoms with Crippen molar-refractivity contribution in [1.82, 2.24) is 0 Å². The van der Waals surface area contributed by atoms with Crippen LogP contribution in [-0.2, 0) is 0 Å². The van der Waals surface area contributed by atoms with Crippen LogP contribution in [-0.4, -0.2) is 23.1 Å². The molecule has 17 heavy (non-hydrogen) atoms. The van der Waals surface area contributed by atoms with E-state index in [2.05, 4.69) is 48.5 Å². The Balaban J connectivity index is -0.000000490. The molecule has 0 atom stereocenters. The van der Waals surface area contributed by atoms with Crippen molar-refractivity contribution in [3.8, 4) is 0 Å². The normalized spacial score (nSPS) is 7.53. The molecule has 80 valence electrons. The van der Waals surface area contributed by atoms with E-state index in [4.69, 9.17) is 0 Å². The van der Waals surface area contributed by atoms with E-state index in [0.717, 1.165) is 0 Å². The summed E-state index contributed by atoms with van der Waals surface area (Å²) in [5.41, 5.74) is 0. The number of hydrogen-bond acceptors (Lipinski definition) is 0. The largest absolute Gasteiger partial charge is 2.00 e. The van der Waals surface area contributed by atoms with Crippen LogP contribution in [0.4, 0.5) is 0 Å². The summed E-state index contributed by atoms with van der Waals surface area (Å²) in [5.74, 6) is 0. The second-order valence-corrected chi connectivity index (χ2v) is 4.04. The average Bonchev–Trinajstić information content (AvgIpc) is 2.21.